The highest BCUT2D eigenvalue weighted by Crippen LogP contribution is 2.36. The molecule has 1 heterocycles. The van der Waals surface area contributed by atoms with Gasteiger partial charge >= 0.3 is 0 Å². The van der Waals surface area contributed by atoms with Gasteiger partial charge in [-0.2, -0.15) is 0 Å². The molecule has 0 aliphatic heterocycles. The average Bonchev–Trinajstić information content (AvgIpc) is 2.47. The van der Waals surface area contributed by atoms with Crippen molar-refractivity contribution in [1.82, 2.24) is 9.97 Å². The van der Waals surface area contributed by atoms with Gasteiger partial charge in [-0.3, -0.25) is 0 Å². The summed E-state index contributed by atoms with van der Waals surface area (Å²) >= 11 is 5.09. The standard InChI is InChI=1S/C15H18BrN3S/c1-3-13(17)14(11-4-6-12(16)7-5-11)20-15-18-8-10(2)9-19-15/h4-9,13-14H,3,17H2,1-2H3. The van der Waals surface area contributed by atoms with Gasteiger partial charge in [0.15, 0.2) is 5.16 Å². The van der Waals surface area contributed by atoms with Gasteiger partial charge in [0.1, 0.15) is 0 Å². The van der Waals surface area contributed by atoms with Gasteiger partial charge in [0, 0.05) is 22.9 Å². The molecule has 2 N–H and O–H groups in total. The molecular weight excluding hydrogens is 334 g/mol. The van der Waals surface area contributed by atoms with Gasteiger partial charge in [0.2, 0.25) is 0 Å². The second-order valence-electron chi connectivity index (χ2n) is 4.71. The first kappa shape index (κ1) is 15.5. The lowest BCUT2D eigenvalue weighted by Crippen LogP contribution is -2.25. The number of benzene rings is 1. The molecule has 0 fully saturated rings. The highest BCUT2D eigenvalue weighted by molar-refractivity contribution is 9.10. The average molecular weight is 352 g/mol. The Morgan fingerprint density at radius 1 is 1.20 bits per heavy atom. The summed E-state index contributed by atoms with van der Waals surface area (Å²) in [6.07, 6.45) is 4.59. The van der Waals surface area contributed by atoms with Crippen LogP contribution in [0.5, 0.6) is 0 Å². The molecule has 2 atom stereocenters. The van der Waals surface area contributed by atoms with Gasteiger partial charge in [-0.15, -0.1) is 0 Å². The van der Waals surface area contributed by atoms with Crippen LogP contribution in [0, 0.1) is 6.92 Å². The number of aromatic nitrogens is 2. The monoisotopic (exact) mass is 351 g/mol. The van der Waals surface area contributed by atoms with E-state index in [0.29, 0.717) is 0 Å². The molecule has 2 aromatic rings. The first-order valence-corrected chi connectivity index (χ1v) is 8.23. The maximum absolute atomic E-state index is 6.28. The first-order chi connectivity index (χ1) is 9.60. The molecule has 106 valence electrons. The molecule has 0 spiro atoms. The van der Waals surface area contributed by atoms with E-state index in [1.165, 1.54) is 5.56 Å². The van der Waals surface area contributed by atoms with Crippen molar-refractivity contribution in [2.45, 2.75) is 36.7 Å². The number of nitrogens with two attached hydrogens (primary N) is 1. The van der Waals surface area contributed by atoms with Crippen molar-refractivity contribution in [2.24, 2.45) is 5.73 Å². The Kier molecular flexibility index (Phi) is 5.57. The fourth-order valence-electron chi connectivity index (χ4n) is 1.82. The Morgan fingerprint density at radius 2 is 1.80 bits per heavy atom. The highest BCUT2D eigenvalue weighted by atomic mass is 79.9. The summed E-state index contributed by atoms with van der Waals surface area (Å²) in [4.78, 5) is 8.73. The van der Waals surface area contributed by atoms with E-state index in [1.807, 2.05) is 31.5 Å². The van der Waals surface area contributed by atoms with Crippen LogP contribution in [-0.2, 0) is 0 Å². The Morgan fingerprint density at radius 3 is 2.35 bits per heavy atom. The van der Waals surface area contributed by atoms with Gasteiger partial charge in [0.05, 0.1) is 5.25 Å². The summed E-state index contributed by atoms with van der Waals surface area (Å²) in [5.41, 5.74) is 8.55. The van der Waals surface area contributed by atoms with Crippen molar-refractivity contribution in [3.8, 4) is 0 Å². The lowest BCUT2D eigenvalue weighted by Gasteiger charge is -2.22. The third-order valence-corrected chi connectivity index (χ3v) is 4.87. The summed E-state index contributed by atoms with van der Waals surface area (Å²) in [5, 5.41) is 0.934. The zero-order chi connectivity index (χ0) is 14.5. The van der Waals surface area contributed by atoms with Gasteiger partial charge in [-0.05, 0) is 36.6 Å². The van der Waals surface area contributed by atoms with E-state index in [9.17, 15) is 0 Å². The lowest BCUT2D eigenvalue weighted by molar-refractivity contribution is 0.632. The van der Waals surface area contributed by atoms with Gasteiger partial charge in [-0.25, -0.2) is 9.97 Å². The molecule has 0 saturated carbocycles. The molecule has 3 nitrogen and oxygen atoms in total. The zero-order valence-corrected chi connectivity index (χ0v) is 14.0. The predicted molar refractivity (Wildman–Crippen MR) is 87.8 cm³/mol. The minimum atomic E-state index is 0.0751. The van der Waals surface area contributed by atoms with Crippen LogP contribution in [0.25, 0.3) is 0 Å². The molecule has 5 heteroatoms. The highest BCUT2D eigenvalue weighted by Gasteiger charge is 2.21. The molecule has 0 aliphatic carbocycles. The number of rotatable bonds is 5. The quantitative estimate of drug-likeness (QED) is 0.650. The van der Waals surface area contributed by atoms with E-state index in [2.05, 4.69) is 45.0 Å². The smallest absolute Gasteiger partial charge is 0.188 e. The van der Waals surface area contributed by atoms with Crippen LogP contribution >= 0.6 is 27.7 Å². The molecule has 0 amide bonds. The van der Waals surface area contributed by atoms with Crippen LogP contribution in [0.4, 0.5) is 0 Å². The Hall–Kier alpha value is -0.910. The van der Waals surface area contributed by atoms with Crippen LogP contribution in [0.2, 0.25) is 0 Å². The normalized spacial score (nSPS) is 14.0. The summed E-state index contributed by atoms with van der Waals surface area (Å²) < 4.78 is 1.07. The zero-order valence-electron chi connectivity index (χ0n) is 11.6. The van der Waals surface area contributed by atoms with Gasteiger partial charge in [-0.1, -0.05) is 46.7 Å². The molecule has 20 heavy (non-hydrogen) atoms. The third kappa shape index (κ3) is 4.04. The van der Waals surface area contributed by atoms with Crippen molar-refractivity contribution in [3.05, 3.63) is 52.3 Å². The molecule has 1 aromatic carbocycles. The van der Waals surface area contributed by atoms with E-state index in [0.717, 1.165) is 21.6 Å². The number of hydrogen-bond donors (Lipinski definition) is 1. The van der Waals surface area contributed by atoms with Crippen molar-refractivity contribution in [2.75, 3.05) is 0 Å². The molecule has 2 rings (SSSR count). The van der Waals surface area contributed by atoms with Crippen molar-refractivity contribution in [3.63, 3.8) is 0 Å². The van der Waals surface area contributed by atoms with Crippen LogP contribution in [-0.4, -0.2) is 16.0 Å². The molecular formula is C15H18BrN3S. The number of aryl methyl sites for hydroxylation is 1. The van der Waals surface area contributed by atoms with Crippen molar-refractivity contribution < 1.29 is 0 Å². The third-order valence-electron chi connectivity index (χ3n) is 3.05. The molecule has 0 saturated heterocycles. The molecule has 0 radical (unpaired) electrons. The minimum Gasteiger partial charge on any atom is -0.326 e. The summed E-state index contributed by atoms with van der Waals surface area (Å²) in [5.74, 6) is 0. The second-order valence-corrected chi connectivity index (χ2v) is 6.73. The van der Waals surface area contributed by atoms with Crippen molar-refractivity contribution >= 4 is 27.7 Å². The number of nitrogens with zero attached hydrogens (tertiary/aromatic N) is 2. The summed E-state index contributed by atoms with van der Waals surface area (Å²) in [7, 11) is 0. The van der Waals surface area contributed by atoms with E-state index >= 15 is 0 Å². The van der Waals surface area contributed by atoms with E-state index in [4.69, 9.17) is 5.73 Å². The molecule has 2 unspecified atom stereocenters. The lowest BCUT2D eigenvalue weighted by atomic mass is 10.0. The number of halogens is 1. The molecule has 1 aromatic heterocycles. The van der Waals surface area contributed by atoms with Crippen molar-refractivity contribution in [1.29, 1.82) is 0 Å². The van der Waals surface area contributed by atoms with Crippen LogP contribution < -0.4 is 5.73 Å². The van der Waals surface area contributed by atoms with E-state index in [-0.39, 0.29) is 11.3 Å². The first-order valence-electron chi connectivity index (χ1n) is 6.56. The number of thioether (sulfide) groups is 1. The maximum Gasteiger partial charge on any atom is 0.188 e. The second kappa shape index (κ2) is 7.20. The Labute approximate surface area is 132 Å². The number of hydrogen-bond acceptors (Lipinski definition) is 4. The molecule has 0 aliphatic rings. The Bertz CT molecular complexity index is 542. The topological polar surface area (TPSA) is 51.8 Å². The molecule has 0 bridgehead atoms. The van der Waals surface area contributed by atoms with Crippen LogP contribution in [0.15, 0.2) is 46.3 Å². The predicted octanol–water partition coefficient (Wildman–Crippen LogP) is 4.12. The van der Waals surface area contributed by atoms with Gasteiger partial charge in [0.25, 0.3) is 0 Å². The largest absolute Gasteiger partial charge is 0.326 e. The fraction of sp³-hybridized carbons (Fsp3) is 0.333. The van der Waals surface area contributed by atoms with E-state index in [1.54, 1.807) is 11.8 Å². The summed E-state index contributed by atoms with van der Waals surface area (Å²) in [6, 6.07) is 8.37. The SMILES string of the molecule is CCC(N)C(Sc1ncc(C)cn1)c1ccc(Br)cc1. The summed E-state index contributed by atoms with van der Waals surface area (Å²) in [6.45, 7) is 4.09. The Balaban J connectivity index is 2.23. The van der Waals surface area contributed by atoms with E-state index < -0.39 is 0 Å². The van der Waals surface area contributed by atoms with Crippen LogP contribution in [0.1, 0.15) is 29.7 Å². The minimum absolute atomic E-state index is 0.0751. The maximum atomic E-state index is 6.28. The van der Waals surface area contributed by atoms with Crippen LogP contribution in [0.3, 0.4) is 0 Å². The van der Waals surface area contributed by atoms with Gasteiger partial charge < -0.3 is 5.73 Å². The fourth-order valence-corrected chi connectivity index (χ4v) is 3.20.